The normalized spacial score (nSPS) is 22.5. The van der Waals surface area contributed by atoms with Gasteiger partial charge in [-0.3, -0.25) is 4.79 Å². The Kier molecular flexibility index (Phi) is 5.21. The van der Waals surface area contributed by atoms with Gasteiger partial charge in [-0.05, 0) is 24.7 Å². The molecule has 0 bridgehead atoms. The van der Waals surface area contributed by atoms with E-state index in [0.29, 0.717) is 23.9 Å². The van der Waals surface area contributed by atoms with Crippen molar-refractivity contribution in [3.8, 4) is 0 Å². The molecule has 1 aromatic carbocycles. The third kappa shape index (κ3) is 3.69. The molecule has 1 fully saturated rings. The Hall–Kier alpha value is -0.620. The lowest BCUT2D eigenvalue weighted by Crippen LogP contribution is -2.41. The molecule has 2 atom stereocenters. The number of nitrogens with one attached hydrogen (secondary N) is 2. The molecule has 0 spiro atoms. The van der Waals surface area contributed by atoms with Gasteiger partial charge in [-0.1, -0.05) is 34.5 Å². The van der Waals surface area contributed by atoms with E-state index in [2.05, 4.69) is 26.6 Å². The largest absolute Gasteiger partial charge is 0.379 e. The molecule has 0 radical (unpaired) electrons. The lowest BCUT2D eigenvalue weighted by Gasteiger charge is -2.18. The smallest absolute Gasteiger partial charge is 0.231 e. The molecule has 1 saturated heterocycles. The maximum absolute atomic E-state index is 12.3. The van der Waals surface area contributed by atoms with E-state index in [9.17, 15) is 4.79 Å². The van der Waals surface area contributed by atoms with Gasteiger partial charge in [0.25, 0.3) is 0 Å². The number of amides is 1. The van der Waals surface area contributed by atoms with Gasteiger partial charge in [-0.2, -0.15) is 0 Å². The molecule has 1 aromatic rings. The van der Waals surface area contributed by atoms with Gasteiger partial charge in [-0.25, -0.2) is 0 Å². The number of hydrogen-bond donors (Lipinski definition) is 2. The van der Waals surface area contributed by atoms with Gasteiger partial charge in [0.2, 0.25) is 5.91 Å². The summed E-state index contributed by atoms with van der Waals surface area (Å²) in [5.41, 5.74) is 0.614. The molecular formula is C13H16BrClN2O2. The maximum atomic E-state index is 12.3. The van der Waals surface area contributed by atoms with E-state index in [1.54, 1.807) is 12.1 Å². The highest BCUT2D eigenvalue weighted by atomic mass is 79.9. The summed E-state index contributed by atoms with van der Waals surface area (Å²) in [7, 11) is 0. The number of likely N-dealkylation sites (N-methyl/N-ethyl adjacent to an activating group) is 1. The van der Waals surface area contributed by atoms with Gasteiger partial charge < -0.3 is 15.4 Å². The SMILES string of the molecule is CCNC1COCC1C(=O)Nc1cc(Br)ccc1Cl. The number of ether oxygens (including phenoxy) is 1. The molecule has 1 amide bonds. The van der Waals surface area contributed by atoms with E-state index in [-0.39, 0.29) is 17.9 Å². The van der Waals surface area contributed by atoms with Crippen LogP contribution in [0.25, 0.3) is 0 Å². The lowest BCUT2D eigenvalue weighted by atomic mass is 10.0. The highest BCUT2D eigenvalue weighted by Crippen LogP contribution is 2.27. The third-order valence-electron chi connectivity index (χ3n) is 3.07. The first kappa shape index (κ1) is 14.8. The first-order chi connectivity index (χ1) is 9.11. The second-order valence-corrected chi connectivity index (χ2v) is 5.74. The molecular weight excluding hydrogens is 332 g/mol. The van der Waals surface area contributed by atoms with Crippen LogP contribution in [0.3, 0.4) is 0 Å². The van der Waals surface area contributed by atoms with Crippen LogP contribution >= 0.6 is 27.5 Å². The Morgan fingerprint density at radius 1 is 1.53 bits per heavy atom. The summed E-state index contributed by atoms with van der Waals surface area (Å²) in [6.07, 6.45) is 0. The van der Waals surface area contributed by atoms with E-state index in [4.69, 9.17) is 16.3 Å². The molecule has 0 saturated carbocycles. The fraction of sp³-hybridized carbons (Fsp3) is 0.462. The molecule has 1 heterocycles. The van der Waals surface area contributed by atoms with Gasteiger partial charge in [-0.15, -0.1) is 0 Å². The summed E-state index contributed by atoms with van der Waals surface area (Å²) in [6, 6.07) is 5.43. The lowest BCUT2D eigenvalue weighted by molar-refractivity contribution is -0.120. The Morgan fingerprint density at radius 2 is 2.32 bits per heavy atom. The van der Waals surface area contributed by atoms with Crippen LogP contribution in [0.15, 0.2) is 22.7 Å². The van der Waals surface area contributed by atoms with Crippen molar-refractivity contribution in [1.82, 2.24) is 5.32 Å². The average Bonchev–Trinajstić information content (AvgIpc) is 2.82. The second kappa shape index (κ2) is 6.70. The summed E-state index contributed by atoms with van der Waals surface area (Å²) >= 11 is 9.42. The van der Waals surface area contributed by atoms with Crippen LogP contribution in [-0.2, 0) is 9.53 Å². The van der Waals surface area contributed by atoms with Gasteiger partial charge in [0.05, 0.1) is 29.8 Å². The fourth-order valence-electron chi connectivity index (χ4n) is 2.09. The van der Waals surface area contributed by atoms with Gasteiger partial charge in [0.1, 0.15) is 0 Å². The van der Waals surface area contributed by atoms with Crippen LogP contribution < -0.4 is 10.6 Å². The summed E-state index contributed by atoms with van der Waals surface area (Å²) in [5.74, 6) is -0.251. The highest BCUT2D eigenvalue weighted by Gasteiger charge is 2.33. The highest BCUT2D eigenvalue weighted by molar-refractivity contribution is 9.10. The standard InChI is InChI=1S/C13H16BrClN2O2/c1-2-16-12-7-19-6-9(12)13(18)17-11-5-8(14)3-4-10(11)15/h3-5,9,12,16H,2,6-7H2,1H3,(H,17,18). The molecule has 6 heteroatoms. The van der Waals surface area contributed by atoms with Crippen LogP contribution in [0.5, 0.6) is 0 Å². The van der Waals surface area contributed by atoms with Crippen molar-refractivity contribution in [2.45, 2.75) is 13.0 Å². The first-order valence-corrected chi connectivity index (χ1v) is 7.36. The van der Waals surface area contributed by atoms with Crippen molar-refractivity contribution in [1.29, 1.82) is 0 Å². The van der Waals surface area contributed by atoms with Crippen LogP contribution in [0, 0.1) is 5.92 Å². The Labute approximate surface area is 126 Å². The Bertz CT molecular complexity index is 470. The minimum atomic E-state index is -0.185. The van der Waals surface area contributed by atoms with E-state index in [1.807, 2.05) is 13.0 Å². The molecule has 0 aromatic heterocycles. The minimum Gasteiger partial charge on any atom is -0.379 e. The van der Waals surface area contributed by atoms with Crippen LogP contribution in [0.2, 0.25) is 5.02 Å². The zero-order valence-electron chi connectivity index (χ0n) is 10.6. The summed E-state index contributed by atoms with van der Waals surface area (Å²) in [6.45, 7) is 3.83. The van der Waals surface area contributed by atoms with Gasteiger partial charge >= 0.3 is 0 Å². The van der Waals surface area contributed by atoms with Crippen molar-refractivity contribution in [3.05, 3.63) is 27.7 Å². The van der Waals surface area contributed by atoms with Crippen LogP contribution in [0.4, 0.5) is 5.69 Å². The van der Waals surface area contributed by atoms with Crippen LogP contribution in [0.1, 0.15) is 6.92 Å². The van der Waals surface area contributed by atoms with E-state index in [1.165, 1.54) is 0 Å². The average molecular weight is 348 g/mol. The van der Waals surface area contributed by atoms with Crippen molar-refractivity contribution < 1.29 is 9.53 Å². The van der Waals surface area contributed by atoms with E-state index >= 15 is 0 Å². The molecule has 4 nitrogen and oxygen atoms in total. The van der Waals surface area contributed by atoms with Crippen molar-refractivity contribution in [2.75, 3.05) is 25.1 Å². The number of benzene rings is 1. The summed E-state index contributed by atoms with van der Waals surface area (Å²) < 4.78 is 6.24. The Morgan fingerprint density at radius 3 is 3.05 bits per heavy atom. The number of rotatable bonds is 4. The molecule has 2 unspecified atom stereocenters. The van der Waals surface area contributed by atoms with Crippen LogP contribution in [-0.4, -0.2) is 31.7 Å². The van der Waals surface area contributed by atoms with E-state index < -0.39 is 0 Å². The zero-order valence-corrected chi connectivity index (χ0v) is 12.9. The zero-order chi connectivity index (χ0) is 13.8. The molecule has 104 valence electrons. The molecule has 1 aliphatic rings. The van der Waals surface area contributed by atoms with Gasteiger partial charge in [0.15, 0.2) is 0 Å². The molecule has 2 rings (SSSR count). The first-order valence-electron chi connectivity index (χ1n) is 6.19. The predicted octanol–water partition coefficient (Wildman–Crippen LogP) is 2.67. The number of carbonyl (C=O) groups is 1. The topological polar surface area (TPSA) is 50.4 Å². The maximum Gasteiger partial charge on any atom is 0.231 e. The molecule has 0 aliphatic carbocycles. The number of anilines is 1. The van der Waals surface area contributed by atoms with Gasteiger partial charge in [0, 0.05) is 10.5 Å². The minimum absolute atomic E-state index is 0.0657. The molecule has 1 aliphatic heterocycles. The number of carbonyl (C=O) groups excluding carboxylic acids is 1. The summed E-state index contributed by atoms with van der Waals surface area (Å²) in [4.78, 5) is 12.3. The fourth-order valence-corrected chi connectivity index (χ4v) is 2.62. The number of halogens is 2. The summed E-state index contributed by atoms with van der Waals surface area (Å²) in [5, 5.41) is 6.64. The number of hydrogen-bond acceptors (Lipinski definition) is 3. The molecule has 2 N–H and O–H groups in total. The van der Waals surface area contributed by atoms with Crippen molar-refractivity contribution in [2.24, 2.45) is 5.92 Å². The quantitative estimate of drug-likeness (QED) is 0.880. The Balaban J connectivity index is 2.06. The third-order valence-corrected chi connectivity index (χ3v) is 3.89. The van der Waals surface area contributed by atoms with E-state index in [0.717, 1.165) is 11.0 Å². The van der Waals surface area contributed by atoms with Crippen molar-refractivity contribution in [3.63, 3.8) is 0 Å². The van der Waals surface area contributed by atoms with Crippen molar-refractivity contribution >= 4 is 39.1 Å². The second-order valence-electron chi connectivity index (χ2n) is 4.42. The molecule has 19 heavy (non-hydrogen) atoms. The predicted molar refractivity (Wildman–Crippen MR) is 79.6 cm³/mol. The monoisotopic (exact) mass is 346 g/mol.